The monoisotopic (exact) mass is 289 g/mol. The second-order valence-corrected chi connectivity index (χ2v) is 6.58. The van der Waals surface area contributed by atoms with Gasteiger partial charge in [-0.3, -0.25) is 5.32 Å². The highest BCUT2D eigenvalue weighted by molar-refractivity contribution is 5.86. The molecular formula is C19H19N3. The van der Waals surface area contributed by atoms with Crippen LogP contribution in [0.3, 0.4) is 0 Å². The van der Waals surface area contributed by atoms with E-state index in [4.69, 9.17) is 0 Å². The molecule has 0 aliphatic carbocycles. The molecule has 3 heteroatoms. The number of aromatic nitrogens is 1. The molecule has 3 N–H and O–H groups in total. The van der Waals surface area contributed by atoms with Gasteiger partial charge in [-0.05, 0) is 31.0 Å². The lowest BCUT2D eigenvalue weighted by atomic mass is 9.80. The first kappa shape index (κ1) is 12.3. The van der Waals surface area contributed by atoms with Gasteiger partial charge in [0.25, 0.3) is 0 Å². The van der Waals surface area contributed by atoms with Crippen molar-refractivity contribution in [2.24, 2.45) is 0 Å². The van der Waals surface area contributed by atoms with Crippen LogP contribution in [0.5, 0.6) is 0 Å². The molecular weight excluding hydrogens is 270 g/mol. The Morgan fingerprint density at radius 2 is 1.86 bits per heavy atom. The Labute approximate surface area is 129 Å². The maximum absolute atomic E-state index is 3.87. The van der Waals surface area contributed by atoms with Crippen LogP contribution < -0.4 is 10.6 Å². The summed E-state index contributed by atoms with van der Waals surface area (Å²) in [6.07, 6.45) is 1.07. The first-order valence-electron chi connectivity index (χ1n) is 7.99. The van der Waals surface area contributed by atoms with Crippen molar-refractivity contribution < 1.29 is 0 Å². The molecule has 1 spiro atoms. The smallest absolute Gasteiger partial charge is 0.104 e. The summed E-state index contributed by atoms with van der Waals surface area (Å²) in [6.45, 7) is 3.18. The van der Waals surface area contributed by atoms with Crippen molar-refractivity contribution in [3.8, 4) is 0 Å². The van der Waals surface area contributed by atoms with Crippen LogP contribution in [0.15, 0.2) is 48.5 Å². The summed E-state index contributed by atoms with van der Waals surface area (Å²) in [5.41, 5.74) is 6.52. The minimum Gasteiger partial charge on any atom is -0.382 e. The molecule has 0 saturated carbocycles. The Morgan fingerprint density at radius 1 is 1.05 bits per heavy atom. The van der Waals surface area contributed by atoms with Crippen molar-refractivity contribution in [2.75, 3.05) is 11.9 Å². The van der Waals surface area contributed by atoms with Gasteiger partial charge in [0.1, 0.15) is 5.54 Å². The molecule has 110 valence electrons. The lowest BCUT2D eigenvalue weighted by Gasteiger charge is -2.38. The number of fused-ring (bicyclic) bond motifs is 6. The molecule has 2 aliphatic rings. The largest absolute Gasteiger partial charge is 0.382 e. The Kier molecular flexibility index (Phi) is 2.32. The van der Waals surface area contributed by atoms with Gasteiger partial charge >= 0.3 is 0 Å². The number of benzene rings is 2. The zero-order valence-electron chi connectivity index (χ0n) is 12.6. The fourth-order valence-electron chi connectivity index (χ4n) is 4.31. The van der Waals surface area contributed by atoms with Crippen molar-refractivity contribution in [3.63, 3.8) is 0 Å². The molecule has 0 bridgehead atoms. The average Bonchev–Trinajstić information content (AvgIpc) is 3.08. The summed E-state index contributed by atoms with van der Waals surface area (Å²) < 4.78 is 0. The quantitative estimate of drug-likeness (QED) is 0.594. The normalized spacial score (nSPS) is 26.0. The van der Waals surface area contributed by atoms with Crippen molar-refractivity contribution in [2.45, 2.75) is 24.9 Å². The van der Waals surface area contributed by atoms with Crippen molar-refractivity contribution in [1.29, 1.82) is 0 Å². The van der Waals surface area contributed by atoms with Gasteiger partial charge in [0, 0.05) is 40.4 Å². The van der Waals surface area contributed by atoms with Crippen LogP contribution >= 0.6 is 0 Å². The molecule has 3 heterocycles. The number of anilines is 1. The van der Waals surface area contributed by atoms with E-state index in [-0.39, 0.29) is 5.54 Å². The van der Waals surface area contributed by atoms with E-state index >= 15 is 0 Å². The molecule has 0 radical (unpaired) electrons. The van der Waals surface area contributed by atoms with Gasteiger partial charge in [0.05, 0.1) is 0 Å². The predicted octanol–water partition coefficient (Wildman–Crippen LogP) is 3.37. The van der Waals surface area contributed by atoms with Crippen LogP contribution in [0.25, 0.3) is 10.9 Å². The summed E-state index contributed by atoms with van der Waals surface area (Å²) in [5, 5.41) is 8.83. The molecule has 3 nitrogen and oxygen atoms in total. The predicted molar refractivity (Wildman–Crippen MR) is 90.3 cm³/mol. The van der Waals surface area contributed by atoms with Crippen LogP contribution in [0.1, 0.15) is 23.7 Å². The van der Waals surface area contributed by atoms with Gasteiger partial charge < -0.3 is 10.3 Å². The fraction of sp³-hybridized carbons (Fsp3) is 0.263. The van der Waals surface area contributed by atoms with Crippen LogP contribution in [0.4, 0.5) is 5.69 Å². The van der Waals surface area contributed by atoms with Crippen LogP contribution in [0, 0.1) is 0 Å². The van der Waals surface area contributed by atoms with E-state index < -0.39 is 0 Å². The summed E-state index contributed by atoms with van der Waals surface area (Å²) >= 11 is 0. The van der Waals surface area contributed by atoms with Gasteiger partial charge in [0.2, 0.25) is 0 Å². The highest BCUT2D eigenvalue weighted by Crippen LogP contribution is 2.45. The van der Waals surface area contributed by atoms with Crippen LogP contribution in [-0.4, -0.2) is 17.6 Å². The van der Waals surface area contributed by atoms with Gasteiger partial charge in [-0.1, -0.05) is 36.4 Å². The number of hydrogen-bond donors (Lipinski definition) is 3. The minimum absolute atomic E-state index is 0.136. The Bertz CT molecular complexity index is 879. The molecule has 0 saturated heterocycles. The highest BCUT2D eigenvalue weighted by Gasteiger charge is 2.46. The van der Waals surface area contributed by atoms with Gasteiger partial charge in [-0.2, -0.15) is 0 Å². The highest BCUT2D eigenvalue weighted by atomic mass is 15.1. The van der Waals surface area contributed by atoms with Crippen LogP contribution in [0.2, 0.25) is 0 Å². The second-order valence-electron chi connectivity index (χ2n) is 6.58. The molecule has 0 fully saturated rings. The maximum Gasteiger partial charge on any atom is 0.104 e. The standard InChI is InChI=1S/C19H19N3/c1-12-10-14-13-6-2-4-8-16(13)21-18(14)19(22-12)11-20-17-9-5-3-7-15(17)19/h2-9,12,20-22H,10-11H2,1H3/t12-,19-/m1/s1. The molecule has 2 aromatic carbocycles. The van der Waals surface area contributed by atoms with E-state index in [9.17, 15) is 0 Å². The summed E-state index contributed by atoms with van der Waals surface area (Å²) in [4.78, 5) is 3.71. The molecule has 22 heavy (non-hydrogen) atoms. The minimum atomic E-state index is -0.136. The third kappa shape index (κ3) is 1.44. The zero-order chi connectivity index (χ0) is 14.7. The van der Waals surface area contributed by atoms with Crippen molar-refractivity contribution in [3.05, 3.63) is 65.4 Å². The first-order chi connectivity index (χ1) is 10.8. The van der Waals surface area contributed by atoms with E-state index in [2.05, 4.69) is 71.1 Å². The lowest BCUT2D eigenvalue weighted by Crippen LogP contribution is -2.53. The molecule has 0 amide bonds. The number of H-pyrrole nitrogens is 1. The third-order valence-corrected chi connectivity index (χ3v) is 5.17. The van der Waals surface area contributed by atoms with Gasteiger partial charge in [0.15, 0.2) is 0 Å². The molecule has 0 unspecified atom stereocenters. The molecule has 3 aromatic rings. The lowest BCUT2D eigenvalue weighted by molar-refractivity contribution is 0.345. The summed E-state index contributed by atoms with van der Waals surface area (Å²) in [6, 6.07) is 17.8. The van der Waals surface area contributed by atoms with E-state index in [0.717, 1.165) is 13.0 Å². The number of para-hydroxylation sites is 2. The third-order valence-electron chi connectivity index (χ3n) is 5.17. The van der Waals surface area contributed by atoms with E-state index in [1.807, 2.05) is 0 Å². The Morgan fingerprint density at radius 3 is 2.82 bits per heavy atom. The van der Waals surface area contributed by atoms with Crippen LogP contribution in [-0.2, 0) is 12.0 Å². The number of hydrogen-bond acceptors (Lipinski definition) is 2. The molecule has 1 aromatic heterocycles. The van der Waals surface area contributed by atoms with E-state index in [0.29, 0.717) is 6.04 Å². The van der Waals surface area contributed by atoms with Crippen molar-refractivity contribution in [1.82, 2.24) is 10.3 Å². The Hall–Kier alpha value is -2.26. The molecule has 2 atom stereocenters. The number of nitrogens with one attached hydrogen (secondary N) is 3. The zero-order valence-corrected chi connectivity index (χ0v) is 12.6. The first-order valence-corrected chi connectivity index (χ1v) is 7.99. The number of rotatable bonds is 0. The summed E-state index contributed by atoms with van der Waals surface area (Å²) in [7, 11) is 0. The molecule has 5 rings (SSSR count). The van der Waals surface area contributed by atoms with Gasteiger partial charge in [-0.15, -0.1) is 0 Å². The van der Waals surface area contributed by atoms with Gasteiger partial charge in [-0.25, -0.2) is 0 Å². The average molecular weight is 289 g/mol. The SMILES string of the molecule is C[C@@H]1Cc2c([nH]c3ccccc23)[C@]2(CNc3ccccc32)N1. The van der Waals surface area contributed by atoms with Crippen molar-refractivity contribution >= 4 is 16.6 Å². The summed E-state index contributed by atoms with van der Waals surface area (Å²) in [5.74, 6) is 0. The van der Waals surface area contributed by atoms with E-state index in [1.54, 1.807) is 0 Å². The second kappa shape index (κ2) is 4.14. The molecule has 2 aliphatic heterocycles. The topological polar surface area (TPSA) is 39.9 Å². The Balaban J connectivity index is 1.84. The fourth-order valence-corrected chi connectivity index (χ4v) is 4.31. The maximum atomic E-state index is 3.87. The van der Waals surface area contributed by atoms with E-state index in [1.165, 1.54) is 33.4 Å². The number of aromatic amines is 1.